The van der Waals surface area contributed by atoms with Crippen LogP contribution < -0.4 is 4.74 Å². The number of carbonyl (C=O) groups is 1. The van der Waals surface area contributed by atoms with E-state index in [4.69, 9.17) is 10.00 Å². The molecule has 2 aromatic carbocycles. The third-order valence-electron chi connectivity index (χ3n) is 2.77. The number of halogens is 1. The van der Waals surface area contributed by atoms with Crippen molar-refractivity contribution in [1.82, 2.24) is 0 Å². The molecule has 0 aliphatic carbocycles. The van der Waals surface area contributed by atoms with Gasteiger partial charge in [-0.05, 0) is 37.3 Å². The number of nitriles is 1. The first-order chi connectivity index (χ1) is 9.60. The smallest absolute Gasteiger partial charge is 0.202 e. The molecule has 0 aliphatic rings. The first-order valence-electron chi connectivity index (χ1n) is 6.07. The van der Waals surface area contributed by atoms with Gasteiger partial charge in [-0.25, -0.2) is 0 Å². The van der Waals surface area contributed by atoms with Crippen LogP contribution in [0.1, 0.15) is 22.8 Å². The molecule has 0 bridgehead atoms. The maximum Gasteiger partial charge on any atom is 0.202 e. The van der Waals surface area contributed by atoms with E-state index >= 15 is 0 Å². The normalized spacial score (nSPS) is 11.4. The molecule has 0 heterocycles. The first kappa shape index (κ1) is 14.3. The molecule has 0 radical (unpaired) electrons. The van der Waals surface area contributed by atoms with Gasteiger partial charge in [0.25, 0.3) is 0 Å². The Bertz CT molecular complexity index is 659. The van der Waals surface area contributed by atoms with Crippen molar-refractivity contribution in [3.05, 3.63) is 64.1 Å². The zero-order chi connectivity index (χ0) is 14.5. The Hall–Kier alpha value is -2.12. The maximum atomic E-state index is 12.2. The molecule has 2 aromatic rings. The predicted molar refractivity (Wildman–Crippen MR) is 79.7 cm³/mol. The summed E-state index contributed by atoms with van der Waals surface area (Å²) in [6.07, 6.45) is -0.606. The molecule has 2 rings (SSSR count). The van der Waals surface area contributed by atoms with Crippen LogP contribution in [-0.2, 0) is 0 Å². The van der Waals surface area contributed by atoms with E-state index in [-0.39, 0.29) is 5.78 Å². The summed E-state index contributed by atoms with van der Waals surface area (Å²) < 4.78 is 6.51. The molecule has 0 saturated carbocycles. The van der Waals surface area contributed by atoms with E-state index in [2.05, 4.69) is 15.9 Å². The lowest BCUT2D eigenvalue weighted by molar-refractivity contribution is 0.0818. The highest BCUT2D eigenvalue weighted by molar-refractivity contribution is 9.10. The molecule has 0 spiro atoms. The van der Waals surface area contributed by atoms with Crippen molar-refractivity contribution < 1.29 is 9.53 Å². The van der Waals surface area contributed by atoms with Crippen LogP contribution in [0.3, 0.4) is 0 Å². The second kappa shape index (κ2) is 6.36. The van der Waals surface area contributed by atoms with Gasteiger partial charge in [-0.2, -0.15) is 5.26 Å². The summed E-state index contributed by atoms with van der Waals surface area (Å²) in [6.45, 7) is 1.70. The predicted octanol–water partition coefficient (Wildman–Crippen LogP) is 3.97. The monoisotopic (exact) mass is 329 g/mol. The van der Waals surface area contributed by atoms with Gasteiger partial charge in [-0.3, -0.25) is 4.79 Å². The fraction of sp³-hybridized carbons (Fsp3) is 0.125. The van der Waals surface area contributed by atoms with Crippen molar-refractivity contribution in [2.45, 2.75) is 13.0 Å². The van der Waals surface area contributed by atoms with Gasteiger partial charge >= 0.3 is 0 Å². The Morgan fingerprint density at radius 2 is 1.95 bits per heavy atom. The van der Waals surface area contributed by atoms with Gasteiger partial charge in [0.05, 0.1) is 11.6 Å². The molecule has 0 saturated heterocycles. The van der Waals surface area contributed by atoms with Crippen LogP contribution in [0.2, 0.25) is 0 Å². The van der Waals surface area contributed by atoms with Crippen molar-refractivity contribution in [2.24, 2.45) is 0 Å². The molecule has 1 atom stereocenters. The molecule has 20 heavy (non-hydrogen) atoms. The molecule has 0 amide bonds. The SMILES string of the molecule is C[C@@H](Oc1cccc(C#N)c1)C(=O)c1ccc(Br)cc1. The molecular weight excluding hydrogens is 318 g/mol. The summed E-state index contributed by atoms with van der Waals surface area (Å²) in [7, 11) is 0. The number of hydrogen-bond acceptors (Lipinski definition) is 3. The number of Topliss-reactive ketones (excluding diaryl/α,β-unsaturated/α-hetero) is 1. The quantitative estimate of drug-likeness (QED) is 0.797. The Morgan fingerprint density at radius 1 is 1.25 bits per heavy atom. The summed E-state index contributed by atoms with van der Waals surface area (Å²) in [6, 6.07) is 15.9. The Balaban J connectivity index is 2.11. The largest absolute Gasteiger partial charge is 0.483 e. The van der Waals surface area contributed by atoms with Gasteiger partial charge in [0.1, 0.15) is 5.75 Å². The molecule has 100 valence electrons. The van der Waals surface area contributed by atoms with Crippen molar-refractivity contribution in [1.29, 1.82) is 5.26 Å². The lowest BCUT2D eigenvalue weighted by Gasteiger charge is -2.13. The fourth-order valence-corrected chi connectivity index (χ4v) is 2.01. The first-order valence-corrected chi connectivity index (χ1v) is 6.86. The minimum absolute atomic E-state index is 0.0974. The highest BCUT2D eigenvalue weighted by Gasteiger charge is 2.16. The number of rotatable bonds is 4. The molecule has 4 heteroatoms. The Kier molecular flexibility index (Phi) is 4.54. The topological polar surface area (TPSA) is 50.1 Å². The van der Waals surface area contributed by atoms with Gasteiger partial charge in [-0.1, -0.05) is 34.1 Å². The summed E-state index contributed by atoms with van der Waals surface area (Å²) in [5.74, 6) is 0.418. The third kappa shape index (κ3) is 3.46. The second-order valence-corrected chi connectivity index (χ2v) is 5.19. The van der Waals surface area contributed by atoms with Crippen LogP contribution >= 0.6 is 15.9 Å². The summed E-state index contributed by atoms with van der Waals surface area (Å²) >= 11 is 3.33. The van der Waals surface area contributed by atoms with Gasteiger partial charge in [0, 0.05) is 10.0 Å². The number of hydrogen-bond donors (Lipinski definition) is 0. The van der Waals surface area contributed by atoms with Crippen molar-refractivity contribution in [2.75, 3.05) is 0 Å². The number of ketones is 1. The van der Waals surface area contributed by atoms with Gasteiger partial charge < -0.3 is 4.74 Å². The molecule has 0 unspecified atom stereocenters. The van der Waals surface area contributed by atoms with Gasteiger partial charge in [0.2, 0.25) is 5.78 Å². The third-order valence-corrected chi connectivity index (χ3v) is 3.30. The average Bonchev–Trinajstić information content (AvgIpc) is 2.47. The van der Waals surface area contributed by atoms with Gasteiger partial charge in [-0.15, -0.1) is 0 Å². The van der Waals surface area contributed by atoms with E-state index in [0.717, 1.165) is 4.47 Å². The number of carbonyl (C=O) groups excluding carboxylic acids is 1. The minimum atomic E-state index is -0.606. The Labute approximate surface area is 125 Å². The molecule has 0 fully saturated rings. The number of benzene rings is 2. The van der Waals surface area contributed by atoms with Crippen molar-refractivity contribution in [3.8, 4) is 11.8 Å². The van der Waals surface area contributed by atoms with Crippen LogP contribution in [0, 0.1) is 11.3 Å². The molecule has 0 aliphatic heterocycles. The number of nitrogens with zero attached hydrogens (tertiary/aromatic N) is 1. The lowest BCUT2D eigenvalue weighted by atomic mass is 10.1. The number of ether oxygens (including phenoxy) is 1. The molecular formula is C16H12BrNO2. The van der Waals surface area contributed by atoms with Crippen LogP contribution in [0.15, 0.2) is 53.0 Å². The average molecular weight is 330 g/mol. The van der Waals surface area contributed by atoms with E-state index < -0.39 is 6.10 Å². The summed E-state index contributed by atoms with van der Waals surface area (Å²) in [5.41, 5.74) is 1.10. The van der Waals surface area contributed by atoms with Crippen molar-refractivity contribution in [3.63, 3.8) is 0 Å². The van der Waals surface area contributed by atoms with Crippen LogP contribution in [0.5, 0.6) is 5.75 Å². The van der Waals surface area contributed by atoms with E-state index in [1.165, 1.54) is 0 Å². The molecule has 0 aromatic heterocycles. The van der Waals surface area contributed by atoms with Crippen LogP contribution in [-0.4, -0.2) is 11.9 Å². The van der Waals surface area contributed by atoms with Crippen LogP contribution in [0.25, 0.3) is 0 Å². The highest BCUT2D eigenvalue weighted by Crippen LogP contribution is 2.17. The minimum Gasteiger partial charge on any atom is -0.483 e. The van der Waals surface area contributed by atoms with Crippen LogP contribution in [0.4, 0.5) is 0 Å². The fourth-order valence-electron chi connectivity index (χ4n) is 1.75. The van der Waals surface area contributed by atoms with E-state index in [1.807, 2.05) is 18.2 Å². The molecule has 3 nitrogen and oxygen atoms in total. The standard InChI is InChI=1S/C16H12BrNO2/c1-11(16(19)13-5-7-14(17)8-6-13)20-15-4-2-3-12(9-15)10-18/h2-9,11H,1H3/t11-/m1/s1. The highest BCUT2D eigenvalue weighted by atomic mass is 79.9. The summed E-state index contributed by atoms with van der Waals surface area (Å²) in [4.78, 5) is 12.2. The second-order valence-electron chi connectivity index (χ2n) is 4.27. The lowest BCUT2D eigenvalue weighted by Crippen LogP contribution is -2.23. The van der Waals surface area contributed by atoms with Gasteiger partial charge in [0.15, 0.2) is 6.10 Å². The molecule has 0 N–H and O–H groups in total. The summed E-state index contributed by atoms with van der Waals surface area (Å²) in [5, 5.41) is 8.83. The van der Waals surface area contributed by atoms with E-state index in [1.54, 1.807) is 43.3 Å². The zero-order valence-corrected chi connectivity index (χ0v) is 12.4. The van der Waals surface area contributed by atoms with Crippen molar-refractivity contribution >= 4 is 21.7 Å². The Morgan fingerprint density at radius 3 is 2.60 bits per heavy atom. The zero-order valence-electron chi connectivity index (χ0n) is 10.8. The van der Waals surface area contributed by atoms with E-state index in [9.17, 15) is 4.79 Å². The van der Waals surface area contributed by atoms with E-state index in [0.29, 0.717) is 16.9 Å². The maximum absolute atomic E-state index is 12.2.